The molecule has 0 aliphatic carbocycles. The zero-order valence-electron chi connectivity index (χ0n) is 16.8. The number of pyridine rings is 1. The van der Waals surface area contributed by atoms with Crippen molar-refractivity contribution >= 4 is 5.91 Å². The van der Waals surface area contributed by atoms with Gasteiger partial charge in [-0.15, -0.1) is 0 Å². The Balaban J connectivity index is 0.000000855. The number of hydrogen-bond acceptors (Lipinski definition) is 3. The van der Waals surface area contributed by atoms with Gasteiger partial charge < -0.3 is 10.6 Å². The van der Waals surface area contributed by atoms with Crippen molar-refractivity contribution in [2.45, 2.75) is 46.6 Å². The normalized spacial score (nSPS) is 14.7. The van der Waals surface area contributed by atoms with Gasteiger partial charge in [-0.25, -0.2) is 4.39 Å². The first-order valence-corrected chi connectivity index (χ1v) is 9.91. The van der Waals surface area contributed by atoms with Crippen LogP contribution in [0.2, 0.25) is 0 Å². The third-order valence-corrected chi connectivity index (χ3v) is 4.18. The van der Waals surface area contributed by atoms with Gasteiger partial charge in [-0.05, 0) is 55.8 Å². The van der Waals surface area contributed by atoms with Crippen molar-refractivity contribution in [3.8, 4) is 0 Å². The Morgan fingerprint density at radius 1 is 1.07 bits per heavy atom. The zero-order chi connectivity index (χ0) is 20.1. The smallest absolute Gasteiger partial charge is 0.224 e. The third-order valence-electron chi connectivity index (χ3n) is 4.18. The van der Waals surface area contributed by atoms with Gasteiger partial charge in [0.25, 0.3) is 0 Å². The Labute approximate surface area is 162 Å². The molecule has 0 radical (unpaired) electrons. The molecular formula is C22H32FN3O. The van der Waals surface area contributed by atoms with Crippen LogP contribution in [0, 0.1) is 11.7 Å². The number of nitrogens with zero attached hydrogens (tertiary/aromatic N) is 1. The molecule has 2 N–H and O–H groups in total. The van der Waals surface area contributed by atoms with Gasteiger partial charge in [0.15, 0.2) is 0 Å². The summed E-state index contributed by atoms with van der Waals surface area (Å²) in [7, 11) is 0. The maximum Gasteiger partial charge on any atom is 0.224 e. The van der Waals surface area contributed by atoms with E-state index in [1.807, 2.05) is 45.9 Å². The van der Waals surface area contributed by atoms with Crippen LogP contribution in [-0.4, -0.2) is 24.0 Å². The van der Waals surface area contributed by atoms with Crippen LogP contribution in [0.5, 0.6) is 0 Å². The molecule has 1 saturated heterocycles. The summed E-state index contributed by atoms with van der Waals surface area (Å²) in [6, 6.07) is 11.4. The number of halogens is 1. The van der Waals surface area contributed by atoms with Crippen LogP contribution in [0.25, 0.3) is 0 Å². The maximum atomic E-state index is 13.2. The molecule has 1 aromatic carbocycles. The van der Waals surface area contributed by atoms with Gasteiger partial charge in [0, 0.05) is 12.1 Å². The fourth-order valence-electron chi connectivity index (χ4n) is 2.87. The Bertz CT molecular complexity index is 640. The third kappa shape index (κ3) is 7.10. The molecule has 2 heterocycles. The number of hydrogen-bond donors (Lipinski definition) is 2. The average Bonchev–Trinajstić information content (AvgIpc) is 2.77. The van der Waals surface area contributed by atoms with Crippen molar-refractivity contribution in [3.63, 3.8) is 0 Å². The van der Waals surface area contributed by atoms with Crippen molar-refractivity contribution in [1.82, 2.24) is 15.6 Å². The number of carbonyl (C=O) groups excluding carboxylic acids is 1. The molecule has 0 bridgehead atoms. The number of nitrogens with one attached hydrogen (secondary N) is 2. The van der Waals surface area contributed by atoms with Crippen molar-refractivity contribution in [3.05, 3.63) is 65.7 Å². The van der Waals surface area contributed by atoms with E-state index >= 15 is 0 Å². The Morgan fingerprint density at radius 3 is 2.26 bits per heavy atom. The van der Waals surface area contributed by atoms with E-state index in [4.69, 9.17) is 0 Å². The van der Waals surface area contributed by atoms with Gasteiger partial charge in [0.05, 0.1) is 11.7 Å². The number of aromatic nitrogens is 1. The van der Waals surface area contributed by atoms with Crippen LogP contribution >= 0.6 is 0 Å². The summed E-state index contributed by atoms with van der Waals surface area (Å²) in [6.45, 7) is 9.73. The summed E-state index contributed by atoms with van der Waals surface area (Å²) >= 11 is 0. The first-order valence-electron chi connectivity index (χ1n) is 9.91. The molecule has 1 aliphatic rings. The molecule has 2 aromatic rings. The molecular weight excluding hydrogens is 341 g/mol. The highest BCUT2D eigenvalue weighted by Gasteiger charge is 2.25. The van der Waals surface area contributed by atoms with E-state index in [9.17, 15) is 9.18 Å². The van der Waals surface area contributed by atoms with E-state index in [-0.39, 0.29) is 23.7 Å². The SMILES string of the molecule is CC.CC.O=C(NC(c1ccc(F)cc1)c1ccccn1)C1CCNCC1. The van der Waals surface area contributed by atoms with Gasteiger partial charge in [-0.2, -0.15) is 0 Å². The van der Waals surface area contributed by atoms with Gasteiger partial charge in [0.2, 0.25) is 5.91 Å². The Morgan fingerprint density at radius 2 is 1.70 bits per heavy atom. The first kappa shape index (κ1) is 22.8. The van der Waals surface area contributed by atoms with E-state index in [1.54, 1.807) is 18.3 Å². The standard InChI is InChI=1S/C18H20FN3O.2C2H6/c19-15-6-4-13(5-7-15)17(16-3-1-2-10-21-16)22-18(23)14-8-11-20-12-9-14;2*1-2/h1-7,10,14,17,20H,8-9,11-12H2,(H,22,23);2*1-2H3. The van der Waals surface area contributed by atoms with Gasteiger partial charge in [0.1, 0.15) is 5.82 Å². The van der Waals surface area contributed by atoms with Crippen molar-refractivity contribution in [2.75, 3.05) is 13.1 Å². The van der Waals surface area contributed by atoms with Crippen LogP contribution < -0.4 is 10.6 Å². The lowest BCUT2D eigenvalue weighted by Crippen LogP contribution is -2.40. The molecule has 4 nitrogen and oxygen atoms in total. The number of rotatable bonds is 4. The van der Waals surface area contributed by atoms with Crippen molar-refractivity contribution in [1.29, 1.82) is 0 Å². The lowest BCUT2D eigenvalue weighted by molar-refractivity contribution is -0.126. The number of amides is 1. The van der Waals surface area contributed by atoms with Crippen LogP contribution in [0.1, 0.15) is 57.8 Å². The highest BCUT2D eigenvalue weighted by molar-refractivity contribution is 5.79. The van der Waals surface area contributed by atoms with Crippen LogP contribution in [0.15, 0.2) is 48.7 Å². The summed E-state index contributed by atoms with van der Waals surface area (Å²) in [4.78, 5) is 16.9. The summed E-state index contributed by atoms with van der Waals surface area (Å²) < 4.78 is 13.2. The number of carbonyl (C=O) groups is 1. The van der Waals surface area contributed by atoms with Crippen LogP contribution in [0.3, 0.4) is 0 Å². The Hall–Kier alpha value is -2.27. The van der Waals surface area contributed by atoms with E-state index in [0.29, 0.717) is 0 Å². The van der Waals surface area contributed by atoms with E-state index < -0.39 is 0 Å². The molecule has 0 spiro atoms. The molecule has 148 valence electrons. The van der Waals surface area contributed by atoms with Crippen molar-refractivity contribution < 1.29 is 9.18 Å². The Kier molecular flexibility index (Phi) is 10.9. The predicted octanol–water partition coefficient (Wildman–Crippen LogP) is 4.48. The van der Waals surface area contributed by atoms with Crippen LogP contribution in [-0.2, 0) is 4.79 Å². The minimum absolute atomic E-state index is 0.0166. The number of benzene rings is 1. The highest BCUT2D eigenvalue weighted by atomic mass is 19.1. The molecule has 0 saturated carbocycles. The fraction of sp³-hybridized carbons (Fsp3) is 0.455. The molecule has 5 heteroatoms. The zero-order valence-corrected chi connectivity index (χ0v) is 16.8. The lowest BCUT2D eigenvalue weighted by atomic mass is 9.95. The minimum atomic E-state index is -0.362. The largest absolute Gasteiger partial charge is 0.343 e. The lowest BCUT2D eigenvalue weighted by Gasteiger charge is -2.25. The molecule has 1 fully saturated rings. The minimum Gasteiger partial charge on any atom is -0.343 e. The predicted molar refractivity (Wildman–Crippen MR) is 109 cm³/mol. The molecule has 1 aliphatic heterocycles. The molecule has 27 heavy (non-hydrogen) atoms. The highest BCUT2D eigenvalue weighted by Crippen LogP contribution is 2.22. The van der Waals surface area contributed by atoms with E-state index in [1.165, 1.54) is 12.1 Å². The molecule has 1 atom stereocenters. The molecule has 1 amide bonds. The average molecular weight is 374 g/mol. The second-order valence-electron chi connectivity index (χ2n) is 5.77. The summed E-state index contributed by atoms with van der Waals surface area (Å²) in [5.74, 6) is -0.243. The monoisotopic (exact) mass is 373 g/mol. The molecule has 1 aromatic heterocycles. The van der Waals surface area contributed by atoms with Crippen LogP contribution in [0.4, 0.5) is 4.39 Å². The van der Waals surface area contributed by atoms with Crippen molar-refractivity contribution in [2.24, 2.45) is 5.92 Å². The summed E-state index contributed by atoms with van der Waals surface area (Å²) in [5.41, 5.74) is 1.58. The fourth-order valence-corrected chi connectivity index (χ4v) is 2.87. The topological polar surface area (TPSA) is 54.0 Å². The summed E-state index contributed by atoms with van der Waals surface area (Å²) in [5, 5.41) is 6.35. The number of piperidine rings is 1. The van der Waals surface area contributed by atoms with Gasteiger partial charge >= 0.3 is 0 Å². The second-order valence-corrected chi connectivity index (χ2v) is 5.77. The summed E-state index contributed by atoms with van der Waals surface area (Å²) in [6.07, 6.45) is 3.37. The maximum absolute atomic E-state index is 13.2. The van der Waals surface area contributed by atoms with E-state index in [2.05, 4.69) is 15.6 Å². The second kappa shape index (κ2) is 13.0. The molecule has 1 unspecified atom stereocenters. The van der Waals surface area contributed by atoms with Gasteiger partial charge in [-0.3, -0.25) is 9.78 Å². The molecule has 3 rings (SSSR count). The first-order chi connectivity index (χ1) is 13.2. The quantitative estimate of drug-likeness (QED) is 0.831. The van der Waals surface area contributed by atoms with Gasteiger partial charge in [-0.1, -0.05) is 45.9 Å². The van der Waals surface area contributed by atoms with E-state index in [0.717, 1.165) is 37.2 Å².